The molecule has 4 nitrogen and oxygen atoms in total. The number of halogens is 2. The number of nitrogens with zero attached hydrogens (tertiary/aromatic N) is 4. The second-order valence-corrected chi connectivity index (χ2v) is 4.96. The highest BCUT2D eigenvalue weighted by molar-refractivity contribution is 9.10. The van der Waals surface area contributed by atoms with E-state index in [1.54, 1.807) is 4.68 Å². The van der Waals surface area contributed by atoms with E-state index >= 15 is 0 Å². The summed E-state index contributed by atoms with van der Waals surface area (Å²) in [4.78, 5) is 0. The zero-order chi connectivity index (χ0) is 11.7. The molecule has 1 aromatic carbocycles. The van der Waals surface area contributed by atoms with Crippen LogP contribution in [0.4, 0.5) is 0 Å². The van der Waals surface area contributed by atoms with Crippen molar-refractivity contribution >= 4 is 27.5 Å². The summed E-state index contributed by atoms with van der Waals surface area (Å²) in [5.74, 6) is 1.08. The Morgan fingerprint density at radius 1 is 1.38 bits per heavy atom. The average molecular weight is 302 g/mol. The molecule has 0 saturated carbocycles. The lowest BCUT2D eigenvalue weighted by molar-refractivity contribution is 0.710. The maximum Gasteiger partial charge on any atom is 0.159 e. The highest BCUT2D eigenvalue weighted by atomic mass is 79.9. The van der Waals surface area contributed by atoms with Crippen molar-refractivity contribution in [3.05, 3.63) is 33.5 Å². The summed E-state index contributed by atoms with van der Waals surface area (Å²) in [5, 5.41) is 12.3. The van der Waals surface area contributed by atoms with E-state index in [1.165, 1.54) is 0 Å². The Balaban J connectivity index is 2.50. The van der Waals surface area contributed by atoms with Crippen molar-refractivity contribution in [3.8, 4) is 5.69 Å². The van der Waals surface area contributed by atoms with Gasteiger partial charge in [-0.05, 0) is 44.6 Å². The first-order valence-electron chi connectivity index (χ1n) is 4.83. The fourth-order valence-corrected chi connectivity index (χ4v) is 1.78. The van der Waals surface area contributed by atoms with Gasteiger partial charge in [-0.1, -0.05) is 25.4 Å². The second kappa shape index (κ2) is 4.51. The van der Waals surface area contributed by atoms with Gasteiger partial charge in [-0.3, -0.25) is 0 Å². The van der Waals surface area contributed by atoms with E-state index in [-0.39, 0.29) is 5.92 Å². The predicted octanol–water partition coefficient (Wildman–Crippen LogP) is 3.20. The summed E-state index contributed by atoms with van der Waals surface area (Å²) in [6.07, 6.45) is 0. The smallest absolute Gasteiger partial charge is 0.159 e. The van der Waals surface area contributed by atoms with Crippen LogP contribution in [0.5, 0.6) is 0 Å². The molecule has 0 amide bonds. The highest BCUT2D eigenvalue weighted by Crippen LogP contribution is 2.25. The maximum atomic E-state index is 6.03. The fourth-order valence-electron chi connectivity index (χ4n) is 1.35. The number of benzene rings is 1. The molecule has 84 valence electrons. The topological polar surface area (TPSA) is 43.6 Å². The number of aromatic nitrogens is 4. The number of hydrogen-bond donors (Lipinski definition) is 0. The van der Waals surface area contributed by atoms with Crippen molar-refractivity contribution in [1.29, 1.82) is 0 Å². The van der Waals surface area contributed by atoms with Crippen molar-refractivity contribution in [3.63, 3.8) is 0 Å². The molecule has 0 aliphatic carbocycles. The van der Waals surface area contributed by atoms with E-state index in [1.807, 2.05) is 32.0 Å². The van der Waals surface area contributed by atoms with Crippen molar-refractivity contribution < 1.29 is 0 Å². The first kappa shape index (κ1) is 11.5. The van der Waals surface area contributed by atoms with Gasteiger partial charge in [0.1, 0.15) is 0 Å². The first-order valence-corrected chi connectivity index (χ1v) is 6.00. The monoisotopic (exact) mass is 300 g/mol. The Kier molecular flexibility index (Phi) is 3.25. The van der Waals surface area contributed by atoms with E-state index in [4.69, 9.17) is 11.6 Å². The zero-order valence-corrected chi connectivity index (χ0v) is 11.2. The van der Waals surface area contributed by atoms with Gasteiger partial charge in [0.25, 0.3) is 0 Å². The Hall–Kier alpha value is -0.940. The van der Waals surface area contributed by atoms with Gasteiger partial charge >= 0.3 is 0 Å². The number of hydrogen-bond acceptors (Lipinski definition) is 3. The lowest BCUT2D eigenvalue weighted by Crippen LogP contribution is -2.04. The first-order chi connectivity index (χ1) is 7.59. The lowest BCUT2D eigenvalue weighted by Gasteiger charge is -2.07. The molecule has 0 aliphatic heterocycles. The van der Waals surface area contributed by atoms with Crippen molar-refractivity contribution in [2.24, 2.45) is 0 Å². The van der Waals surface area contributed by atoms with Gasteiger partial charge in [-0.15, -0.1) is 5.10 Å². The SMILES string of the molecule is CC(C)c1nnnn1-c1ccc(Br)c(Cl)c1. The molecule has 0 radical (unpaired) electrons. The third kappa shape index (κ3) is 2.10. The van der Waals surface area contributed by atoms with Crippen molar-refractivity contribution in [1.82, 2.24) is 20.2 Å². The molecule has 0 unspecified atom stereocenters. The normalized spacial score (nSPS) is 11.1. The van der Waals surface area contributed by atoms with Crippen LogP contribution in [0.25, 0.3) is 5.69 Å². The van der Waals surface area contributed by atoms with Crippen LogP contribution < -0.4 is 0 Å². The van der Waals surface area contributed by atoms with Crippen LogP contribution in [0.2, 0.25) is 5.02 Å². The van der Waals surface area contributed by atoms with Crippen LogP contribution >= 0.6 is 27.5 Å². The molecule has 1 aromatic heterocycles. The van der Waals surface area contributed by atoms with Gasteiger partial charge in [0.2, 0.25) is 0 Å². The predicted molar refractivity (Wildman–Crippen MR) is 66.0 cm³/mol. The average Bonchev–Trinajstić information content (AvgIpc) is 2.71. The second-order valence-electron chi connectivity index (χ2n) is 3.70. The Labute approximate surface area is 107 Å². The van der Waals surface area contributed by atoms with Gasteiger partial charge in [0.15, 0.2) is 5.82 Å². The molecule has 0 spiro atoms. The van der Waals surface area contributed by atoms with Crippen molar-refractivity contribution in [2.75, 3.05) is 0 Å². The highest BCUT2D eigenvalue weighted by Gasteiger charge is 2.12. The van der Waals surface area contributed by atoms with Crippen LogP contribution in [0, 0.1) is 0 Å². The third-order valence-corrected chi connectivity index (χ3v) is 3.39. The minimum Gasteiger partial charge on any atom is -0.197 e. The number of rotatable bonds is 2. The molecule has 2 aromatic rings. The minimum atomic E-state index is 0.262. The maximum absolute atomic E-state index is 6.03. The molecular formula is C10H10BrClN4. The summed E-state index contributed by atoms with van der Waals surface area (Å²) in [7, 11) is 0. The molecule has 2 rings (SSSR count). The molecule has 0 aliphatic rings. The molecule has 0 saturated heterocycles. The van der Waals surface area contributed by atoms with Gasteiger partial charge in [-0.2, -0.15) is 4.68 Å². The third-order valence-electron chi connectivity index (χ3n) is 2.16. The quantitative estimate of drug-likeness (QED) is 0.855. The van der Waals surface area contributed by atoms with E-state index in [2.05, 4.69) is 31.5 Å². The van der Waals surface area contributed by atoms with E-state index < -0.39 is 0 Å². The van der Waals surface area contributed by atoms with Gasteiger partial charge in [0, 0.05) is 10.4 Å². The largest absolute Gasteiger partial charge is 0.197 e. The van der Waals surface area contributed by atoms with Gasteiger partial charge in [-0.25, -0.2) is 0 Å². The van der Waals surface area contributed by atoms with Crippen LogP contribution in [0.3, 0.4) is 0 Å². The summed E-state index contributed by atoms with van der Waals surface area (Å²) < 4.78 is 2.56. The number of tetrazole rings is 1. The zero-order valence-electron chi connectivity index (χ0n) is 8.85. The molecular weight excluding hydrogens is 291 g/mol. The summed E-state index contributed by atoms with van der Waals surface area (Å²) in [6.45, 7) is 4.09. The molecule has 0 N–H and O–H groups in total. The minimum absolute atomic E-state index is 0.262. The molecule has 0 fully saturated rings. The summed E-state index contributed by atoms with van der Waals surface area (Å²) in [6, 6.07) is 5.62. The van der Waals surface area contributed by atoms with Crippen LogP contribution in [0.1, 0.15) is 25.6 Å². The standard InChI is InChI=1S/C10H10BrClN4/c1-6(2)10-13-14-15-16(10)7-3-4-8(11)9(12)5-7/h3-6H,1-2H3. The molecule has 1 heterocycles. The van der Waals surface area contributed by atoms with Crippen LogP contribution in [0.15, 0.2) is 22.7 Å². The van der Waals surface area contributed by atoms with E-state index in [0.717, 1.165) is 16.0 Å². The van der Waals surface area contributed by atoms with Gasteiger partial charge < -0.3 is 0 Å². The molecule has 16 heavy (non-hydrogen) atoms. The Morgan fingerprint density at radius 3 is 2.75 bits per heavy atom. The van der Waals surface area contributed by atoms with Crippen molar-refractivity contribution in [2.45, 2.75) is 19.8 Å². The van der Waals surface area contributed by atoms with Gasteiger partial charge in [0.05, 0.1) is 10.7 Å². The van der Waals surface area contributed by atoms with E-state index in [0.29, 0.717) is 5.02 Å². The summed E-state index contributed by atoms with van der Waals surface area (Å²) in [5.41, 5.74) is 0.863. The summed E-state index contributed by atoms with van der Waals surface area (Å²) >= 11 is 9.38. The molecule has 6 heteroatoms. The molecule has 0 bridgehead atoms. The van der Waals surface area contributed by atoms with E-state index in [9.17, 15) is 0 Å². The lowest BCUT2D eigenvalue weighted by atomic mass is 10.2. The fraction of sp³-hybridized carbons (Fsp3) is 0.300. The Morgan fingerprint density at radius 2 is 2.12 bits per heavy atom. The Bertz CT molecular complexity index is 509. The van der Waals surface area contributed by atoms with Crippen LogP contribution in [-0.2, 0) is 0 Å². The molecule has 0 atom stereocenters. The van der Waals surface area contributed by atoms with Crippen LogP contribution in [-0.4, -0.2) is 20.2 Å².